The second-order valence-electron chi connectivity index (χ2n) is 3.80. The summed E-state index contributed by atoms with van der Waals surface area (Å²) in [4.78, 5) is 19.9. The average molecular weight is 314 g/mol. The first-order valence-electron chi connectivity index (χ1n) is 5.81. The van der Waals surface area contributed by atoms with E-state index in [0.29, 0.717) is 21.3 Å². The Morgan fingerprint density at radius 3 is 2.20 bits per heavy atom. The maximum absolute atomic E-state index is 10.1. The van der Waals surface area contributed by atoms with Gasteiger partial charge in [0.2, 0.25) is 0 Å². The lowest BCUT2D eigenvalue weighted by Gasteiger charge is -2.16. The van der Waals surface area contributed by atoms with Gasteiger partial charge in [0, 0.05) is 6.29 Å². The van der Waals surface area contributed by atoms with E-state index >= 15 is 0 Å². The number of carboxylic acids is 1. The molecular weight excluding hydrogens is 291 g/mol. The lowest BCUT2D eigenvalue weighted by Crippen LogP contribution is -2.40. The molecule has 0 bridgehead atoms. The molecule has 0 saturated carbocycles. The Morgan fingerprint density at radius 2 is 1.85 bits per heavy atom. The molecule has 120 valence electrons. The van der Waals surface area contributed by atoms with Crippen LogP contribution in [0.4, 0.5) is 0 Å². The van der Waals surface area contributed by atoms with Crippen molar-refractivity contribution in [1.29, 1.82) is 0 Å². The molecule has 0 aromatic carbocycles. The average Bonchev–Trinajstić information content (AvgIpc) is 2.45. The van der Waals surface area contributed by atoms with Crippen LogP contribution < -0.4 is 11.5 Å². The van der Waals surface area contributed by atoms with Crippen LogP contribution in [0.15, 0.2) is 0 Å². The number of carboxylic acid groups (broad SMARTS) is 1. The van der Waals surface area contributed by atoms with Crippen molar-refractivity contribution in [3.8, 4) is 0 Å². The van der Waals surface area contributed by atoms with Crippen molar-refractivity contribution in [2.45, 2.75) is 30.8 Å². The van der Waals surface area contributed by atoms with Gasteiger partial charge in [-0.2, -0.15) is 0 Å². The summed E-state index contributed by atoms with van der Waals surface area (Å²) in [7, 11) is 0.635. The number of aliphatic hydroxyl groups excluding tert-OH is 4. The molecule has 0 aromatic rings. The molecule has 20 heavy (non-hydrogen) atoms. The van der Waals surface area contributed by atoms with Crippen molar-refractivity contribution in [3.05, 3.63) is 0 Å². The van der Waals surface area contributed by atoms with Gasteiger partial charge in [-0.15, -0.1) is 8.58 Å². The lowest BCUT2D eigenvalue weighted by molar-refractivity contribution is -0.138. The lowest BCUT2D eigenvalue weighted by atomic mass is 10.1. The molecule has 0 aliphatic carbocycles. The van der Waals surface area contributed by atoms with E-state index in [4.69, 9.17) is 37.0 Å². The molecule has 0 aliphatic rings. The first kappa shape index (κ1) is 21.6. The van der Waals surface area contributed by atoms with Gasteiger partial charge in [0.05, 0.1) is 6.61 Å². The Labute approximate surface area is 118 Å². The Balaban J connectivity index is 0. The predicted molar refractivity (Wildman–Crippen MR) is 73.6 cm³/mol. The zero-order chi connectivity index (χ0) is 16.1. The number of aliphatic carboxylic acids is 1. The van der Waals surface area contributed by atoms with E-state index in [9.17, 15) is 9.59 Å². The van der Waals surface area contributed by atoms with Gasteiger partial charge < -0.3 is 41.8 Å². The van der Waals surface area contributed by atoms with Gasteiger partial charge in [-0.05, 0) is 12.6 Å². The number of aliphatic hydroxyl groups is 4. The third-order valence-electron chi connectivity index (χ3n) is 2.16. The second-order valence-corrected chi connectivity index (χ2v) is 5.21. The maximum Gasteiger partial charge on any atom is 0.320 e. The molecule has 0 rings (SSSR count). The third kappa shape index (κ3) is 11.2. The summed E-state index contributed by atoms with van der Waals surface area (Å²) in [5.74, 6) is -0.929. The van der Waals surface area contributed by atoms with Gasteiger partial charge >= 0.3 is 5.97 Å². The topological polar surface area (TPSA) is 187 Å². The highest BCUT2D eigenvalue weighted by atomic mass is 31.1. The molecule has 0 saturated heterocycles. The first-order chi connectivity index (χ1) is 9.31. The van der Waals surface area contributed by atoms with Crippen LogP contribution in [0.25, 0.3) is 0 Å². The number of aldehydes is 1. The molecule has 0 radical (unpaired) electrons. The molecule has 0 aliphatic heterocycles. The van der Waals surface area contributed by atoms with Crippen molar-refractivity contribution >= 4 is 20.8 Å². The summed E-state index contributed by atoms with van der Waals surface area (Å²) in [5.41, 5.74) is 10.4. The number of hydrogen-bond donors (Lipinski definition) is 7. The van der Waals surface area contributed by atoms with Gasteiger partial charge in [0.25, 0.3) is 0 Å². The number of hydrogen-bond acceptors (Lipinski definition) is 8. The first-order valence-corrected chi connectivity index (χ1v) is 7.22. The fourth-order valence-corrected chi connectivity index (χ4v) is 1.62. The van der Waals surface area contributed by atoms with Crippen LogP contribution in [-0.2, 0) is 9.59 Å². The third-order valence-corrected chi connectivity index (χ3v) is 3.10. The van der Waals surface area contributed by atoms with Crippen LogP contribution in [0.3, 0.4) is 0 Å². The molecule has 10 heteroatoms. The molecule has 9 N–H and O–H groups in total. The minimum atomic E-state index is -1.64. The molecular formula is C10H23N2O7P. The zero-order valence-electron chi connectivity index (χ0n) is 10.9. The van der Waals surface area contributed by atoms with Crippen LogP contribution in [0.1, 0.15) is 6.42 Å². The van der Waals surface area contributed by atoms with Crippen molar-refractivity contribution in [2.24, 2.45) is 11.5 Å². The van der Waals surface area contributed by atoms with Crippen molar-refractivity contribution < 1.29 is 35.1 Å². The summed E-state index contributed by atoms with van der Waals surface area (Å²) in [6.07, 6.45) is -2.64. The quantitative estimate of drug-likeness (QED) is 0.129. The molecule has 5 atom stereocenters. The molecule has 1 unspecified atom stereocenters. The normalized spacial score (nSPS) is 16.9. The van der Waals surface area contributed by atoms with Crippen LogP contribution in [0.2, 0.25) is 0 Å². The SMILES string of the molecule is NCPCC[C@H](N)C(=O)O.O=C[C@H](O)[C@H](O)[C@H](O)CO. The van der Waals surface area contributed by atoms with E-state index in [0.717, 1.165) is 6.16 Å². The minimum absolute atomic E-state index is 0.0869. The highest BCUT2D eigenvalue weighted by Crippen LogP contribution is 2.07. The Bertz CT molecular complexity index is 270. The van der Waals surface area contributed by atoms with Crippen LogP contribution in [0.5, 0.6) is 0 Å². The van der Waals surface area contributed by atoms with E-state index in [1.807, 2.05) is 0 Å². The smallest absolute Gasteiger partial charge is 0.320 e. The number of nitrogens with two attached hydrogens (primary N) is 2. The van der Waals surface area contributed by atoms with Crippen molar-refractivity contribution in [1.82, 2.24) is 0 Å². The van der Waals surface area contributed by atoms with Gasteiger partial charge in [-0.1, -0.05) is 0 Å². The fraction of sp³-hybridized carbons (Fsp3) is 0.800. The van der Waals surface area contributed by atoms with Crippen LogP contribution >= 0.6 is 8.58 Å². The van der Waals surface area contributed by atoms with Crippen molar-refractivity contribution in [2.75, 3.05) is 19.1 Å². The minimum Gasteiger partial charge on any atom is -0.480 e. The Morgan fingerprint density at radius 1 is 1.30 bits per heavy atom. The van der Waals surface area contributed by atoms with E-state index < -0.39 is 36.9 Å². The Kier molecular flexibility index (Phi) is 14.4. The second kappa shape index (κ2) is 13.3. The van der Waals surface area contributed by atoms with Crippen LogP contribution in [0, 0.1) is 0 Å². The van der Waals surface area contributed by atoms with E-state index in [1.165, 1.54) is 0 Å². The Hall–Kier alpha value is -0.670. The van der Waals surface area contributed by atoms with Crippen LogP contribution in [-0.4, -0.2) is 81.2 Å². The van der Waals surface area contributed by atoms with Gasteiger partial charge in [0.1, 0.15) is 24.4 Å². The van der Waals surface area contributed by atoms with Gasteiger partial charge in [-0.3, -0.25) is 4.79 Å². The zero-order valence-corrected chi connectivity index (χ0v) is 11.9. The van der Waals surface area contributed by atoms with Gasteiger partial charge in [-0.25, -0.2) is 0 Å². The standard InChI is InChI=1S/C5H13N2O2P.C5H10O5/c6-3-10-2-1-4(7)5(8)9;6-1-3(8)5(10)4(9)2-7/h4,10H,1-3,6-7H2,(H,8,9);1,3-5,7-10H,2H2/t4-;3-,4+,5-/m00/s1. The van der Waals surface area contributed by atoms with E-state index in [1.54, 1.807) is 0 Å². The summed E-state index contributed by atoms with van der Waals surface area (Å²) in [6.45, 7) is -0.688. The molecule has 0 heterocycles. The number of carbonyl (C=O) groups is 2. The predicted octanol–water partition coefficient (Wildman–Crippen LogP) is -3.36. The summed E-state index contributed by atoms with van der Waals surface area (Å²) in [6, 6.07) is -0.709. The summed E-state index contributed by atoms with van der Waals surface area (Å²) < 4.78 is 0. The largest absolute Gasteiger partial charge is 0.480 e. The highest BCUT2D eigenvalue weighted by Gasteiger charge is 2.22. The molecule has 0 aromatic heterocycles. The van der Waals surface area contributed by atoms with Crippen molar-refractivity contribution in [3.63, 3.8) is 0 Å². The summed E-state index contributed by atoms with van der Waals surface area (Å²) in [5, 5.41) is 42.4. The molecule has 0 spiro atoms. The molecule has 9 nitrogen and oxygen atoms in total. The van der Waals surface area contributed by atoms with Gasteiger partial charge in [0.15, 0.2) is 6.29 Å². The fourth-order valence-electron chi connectivity index (χ4n) is 0.899. The number of carbonyl (C=O) groups excluding carboxylic acids is 1. The monoisotopic (exact) mass is 314 g/mol. The maximum atomic E-state index is 10.1. The highest BCUT2D eigenvalue weighted by molar-refractivity contribution is 7.37. The van der Waals surface area contributed by atoms with E-state index in [-0.39, 0.29) is 6.29 Å². The van der Waals surface area contributed by atoms with E-state index in [2.05, 4.69) is 0 Å². The molecule has 0 amide bonds. The summed E-state index contributed by atoms with van der Waals surface area (Å²) >= 11 is 0. The molecule has 0 fully saturated rings. The number of rotatable bonds is 9.